The smallest absolute Gasteiger partial charge is 0.251 e. The number of carbonyl (C=O) groups is 2. The zero-order chi connectivity index (χ0) is 35.7. The van der Waals surface area contributed by atoms with E-state index in [2.05, 4.69) is 30.9 Å². The number of hydrogen-bond acceptors (Lipinski definition) is 9. The Bertz CT molecular complexity index is 1990. The Hall–Kier alpha value is -5.47. The Morgan fingerprint density at radius 3 is 2.73 bits per heavy atom. The maximum atomic E-state index is 15.3. The first kappa shape index (κ1) is 35.4. The van der Waals surface area contributed by atoms with Crippen LogP contribution in [0, 0.1) is 11.6 Å². The van der Waals surface area contributed by atoms with Crippen LogP contribution in [-0.4, -0.2) is 80.0 Å². The number of aryl methyl sites for hydroxylation is 1. The minimum atomic E-state index is -1.15. The summed E-state index contributed by atoms with van der Waals surface area (Å²) in [5.41, 5.74) is 2.79. The number of amides is 2. The molecule has 0 unspecified atom stereocenters. The highest BCUT2D eigenvalue weighted by Gasteiger charge is 2.23. The van der Waals surface area contributed by atoms with Crippen LogP contribution in [0.1, 0.15) is 48.5 Å². The van der Waals surface area contributed by atoms with Crippen molar-refractivity contribution in [3.05, 3.63) is 96.1 Å². The van der Waals surface area contributed by atoms with E-state index in [0.29, 0.717) is 67.4 Å². The number of imidazole rings is 1. The van der Waals surface area contributed by atoms with Crippen LogP contribution >= 0.6 is 0 Å². The first-order chi connectivity index (χ1) is 24.9. The van der Waals surface area contributed by atoms with E-state index in [9.17, 15) is 14.7 Å². The number of nitrogens with one attached hydrogen (secondary N) is 3. The van der Waals surface area contributed by atoms with Gasteiger partial charge >= 0.3 is 0 Å². The summed E-state index contributed by atoms with van der Waals surface area (Å²) in [7, 11) is 0. The van der Waals surface area contributed by atoms with Crippen LogP contribution < -0.4 is 20.7 Å². The largest absolute Gasteiger partial charge is 0.436 e. The average Bonchev–Trinajstić information content (AvgIpc) is 3.60. The van der Waals surface area contributed by atoms with Gasteiger partial charge in [0.2, 0.25) is 17.6 Å². The minimum Gasteiger partial charge on any atom is -0.436 e. The van der Waals surface area contributed by atoms with Gasteiger partial charge in [-0.1, -0.05) is 19.4 Å². The molecule has 5 aromatic rings. The second kappa shape index (κ2) is 16.5. The van der Waals surface area contributed by atoms with Crippen LogP contribution in [-0.2, 0) is 11.2 Å². The standard InChI is InChI=1S/C37H40F2N8O4/c1-2-24-20-25(10-11-27(24)37(50)43-15-6-3-4-9-32(49)46-18-16-40-26(22-46)23-48)45-35-36-44-21-29(47(36)19-17-42-35)28-12-13-30(34(39)33(28)38)51-31-8-5-7-14-41-31/h5,7-8,10-14,17,19-21,26,40,48H,2-4,6,9,15-16,18,22-23H2,1H3,(H,42,45)(H,43,50)/t26-/m0/s1. The molecule has 14 heteroatoms. The van der Waals surface area contributed by atoms with Crippen LogP contribution in [0.4, 0.5) is 20.3 Å². The number of pyridine rings is 1. The number of fused-ring (bicyclic) bond motifs is 1. The molecule has 6 rings (SSSR count). The minimum absolute atomic E-state index is 0.00482. The molecule has 266 valence electrons. The number of benzene rings is 2. The molecule has 0 aliphatic carbocycles. The predicted octanol–water partition coefficient (Wildman–Crippen LogP) is 5.25. The molecule has 1 aliphatic rings. The lowest BCUT2D eigenvalue weighted by Crippen LogP contribution is -2.53. The highest BCUT2D eigenvalue weighted by Crippen LogP contribution is 2.33. The summed E-state index contributed by atoms with van der Waals surface area (Å²) in [6.07, 6.45) is 9.45. The number of anilines is 2. The van der Waals surface area contributed by atoms with Gasteiger partial charge in [-0.2, -0.15) is 4.39 Å². The third-order valence-corrected chi connectivity index (χ3v) is 8.78. The van der Waals surface area contributed by atoms with E-state index in [1.165, 1.54) is 30.7 Å². The molecule has 4 N–H and O–H groups in total. The van der Waals surface area contributed by atoms with Crippen LogP contribution in [0.15, 0.2) is 73.3 Å². The maximum Gasteiger partial charge on any atom is 0.251 e. The fraction of sp³-hybridized carbons (Fsp3) is 0.324. The number of aliphatic hydroxyl groups is 1. The maximum absolute atomic E-state index is 15.3. The third-order valence-electron chi connectivity index (χ3n) is 8.78. The second-order valence-corrected chi connectivity index (χ2v) is 12.2. The molecule has 3 aromatic heterocycles. The van der Waals surface area contributed by atoms with Crippen molar-refractivity contribution in [1.82, 2.24) is 34.9 Å². The molecule has 1 saturated heterocycles. The van der Waals surface area contributed by atoms with E-state index in [1.54, 1.807) is 45.8 Å². The molecular weight excluding hydrogens is 658 g/mol. The third kappa shape index (κ3) is 8.30. The van der Waals surface area contributed by atoms with Gasteiger partial charge in [0.1, 0.15) is 0 Å². The van der Waals surface area contributed by atoms with Gasteiger partial charge in [0.25, 0.3) is 5.91 Å². The molecule has 2 amide bonds. The summed E-state index contributed by atoms with van der Waals surface area (Å²) in [4.78, 5) is 40.2. The number of carbonyl (C=O) groups excluding carboxylic acids is 2. The normalized spacial score (nSPS) is 14.4. The number of nitrogens with zero attached hydrogens (tertiary/aromatic N) is 5. The Morgan fingerprint density at radius 2 is 1.92 bits per heavy atom. The van der Waals surface area contributed by atoms with E-state index in [0.717, 1.165) is 24.8 Å². The van der Waals surface area contributed by atoms with E-state index in [4.69, 9.17) is 4.74 Å². The molecule has 2 aromatic carbocycles. The Balaban J connectivity index is 1.06. The van der Waals surface area contributed by atoms with Crippen molar-refractivity contribution in [2.24, 2.45) is 0 Å². The van der Waals surface area contributed by atoms with Gasteiger partial charge in [-0.25, -0.2) is 19.3 Å². The fourth-order valence-corrected chi connectivity index (χ4v) is 6.06. The van der Waals surface area contributed by atoms with Crippen molar-refractivity contribution in [2.75, 3.05) is 38.1 Å². The summed E-state index contributed by atoms with van der Waals surface area (Å²) >= 11 is 0. The molecule has 0 saturated carbocycles. The monoisotopic (exact) mass is 698 g/mol. The Labute approximate surface area is 293 Å². The molecule has 4 heterocycles. The van der Waals surface area contributed by atoms with Crippen molar-refractivity contribution in [3.63, 3.8) is 0 Å². The van der Waals surface area contributed by atoms with Gasteiger partial charge in [0.15, 0.2) is 23.0 Å². The van der Waals surface area contributed by atoms with Crippen LogP contribution in [0.25, 0.3) is 16.9 Å². The average molecular weight is 699 g/mol. The zero-order valence-corrected chi connectivity index (χ0v) is 28.2. The SMILES string of the molecule is CCc1cc(Nc2nccn3c(-c4ccc(Oc5ccccn5)c(F)c4F)cnc23)ccc1C(=O)NCCCCCC(=O)N1CCN[C@H](CO)C1. The van der Waals surface area contributed by atoms with Crippen LogP contribution in [0.3, 0.4) is 0 Å². The summed E-state index contributed by atoms with van der Waals surface area (Å²) < 4.78 is 37.4. The van der Waals surface area contributed by atoms with Crippen LogP contribution in [0.2, 0.25) is 0 Å². The van der Waals surface area contributed by atoms with Crippen molar-refractivity contribution < 1.29 is 28.2 Å². The fourth-order valence-electron chi connectivity index (χ4n) is 6.06. The van der Waals surface area contributed by atoms with E-state index in [1.807, 2.05) is 13.0 Å². The molecular formula is C37H40F2N8O4. The summed E-state index contributed by atoms with van der Waals surface area (Å²) in [6, 6.07) is 13.0. The number of rotatable bonds is 14. The van der Waals surface area contributed by atoms with Gasteiger partial charge in [0.05, 0.1) is 18.5 Å². The number of aliphatic hydroxyl groups excluding tert-OH is 1. The first-order valence-corrected chi connectivity index (χ1v) is 17.1. The second-order valence-electron chi connectivity index (χ2n) is 12.2. The summed E-state index contributed by atoms with van der Waals surface area (Å²) in [5, 5.41) is 18.8. The molecule has 1 fully saturated rings. The molecule has 51 heavy (non-hydrogen) atoms. The topological polar surface area (TPSA) is 146 Å². The first-order valence-electron chi connectivity index (χ1n) is 17.1. The molecule has 0 bridgehead atoms. The number of piperazine rings is 1. The lowest BCUT2D eigenvalue weighted by molar-refractivity contribution is -0.132. The summed E-state index contributed by atoms with van der Waals surface area (Å²) in [5.74, 6) is -2.06. The van der Waals surface area contributed by atoms with Gasteiger partial charge in [-0.05, 0) is 61.2 Å². The van der Waals surface area contributed by atoms with Crippen molar-refractivity contribution in [3.8, 4) is 22.9 Å². The molecule has 1 aliphatic heterocycles. The van der Waals surface area contributed by atoms with E-state index in [-0.39, 0.29) is 41.7 Å². The van der Waals surface area contributed by atoms with E-state index < -0.39 is 11.6 Å². The Morgan fingerprint density at radius 1 is 1.04 bits per heavy atom. The van der Waals surface area contributed by atoms with Crippen molar-refractivity contribution >= 4 is 29.0 Å². The highest BCUT2D eigenvalue weighted by atomic mass is 19.2. The highest BCUT2D eigenvalue weighted by molar-refractivity contribution is 5.96. The van der Waals surface area contributed by atoms with Crippen LogP contribution in [0.5, 0.6) is 11.6 Å². The van der Waals surface area contributed by atoms with Gasteiger partial charge in [-0.3, -0.25) is 14.0 Å². The molecule has 0 radical (unpaired) electrons. The van der Waals surface area contributed by atoms with Crippen molar-refractivity contribution in [2.45, 2.75) is 45.1 Å². The summed E-state index contributed by atoms with van der Waals surface area (Å²) in [6.45, 7) is 4.34. The number of halogens is 2. The van der Waals surface area contributed by atoms with Gasteiger partial charge < -0.3 is 30.7 Å². The van der Waals surface area contributed by atoms with Gasteiger partial charge in [-0.15, -0.1) is 0 Å². The van der Waals surface area contributed by atoms with Crippen molar-refractivity contribution in [1.29, 1.82) is 0 Å². The predicted molar refractivity (Wildman–Crippen MR) is 188 cm³/mol. The van der Waals surface area contributed by atoms with Gasteiger partial charge in [0, 0.05) is 80.1 Å². The molecule has 12 nitrogen and oxygen atoms in total. The lowest BCUT2D eigenvalue weighted by Gasteiger charge is -2.32. The quantitative estimate of drug-likeness (QED) is 0.114. The Kier molecular flexibility index (Phi) is 11.4. The number of ether oxygens (including phenoxy) is 1. The molecule has 0 spiro atoms. The molecule has 1 atom stereocenters. The number of hydrogen-bond donors (Lipinski definition) is 4. The number of unbranched alkanes of at least 4 members (excludes halogenated alkanes) is 2. The zero-order valence-electron chi connectivity index (χ0n) is 28.2. The number of aromatic nitrogens is 4. The van der Waals surface area contributed by atoms with E-state index >= 15 is 8.78 Å². The lowest BCUT2D eigenvalue weighted by atomic mass is 10.0.